The van der Waals surface area contributed by atoms with Gasteiger partial charge in [-0.15, -0.1) is 0 Å². The van der Waals surface area contributed by atoms with Crippen LogP contribution in [-0.4, -0.2) is 26.4 Å². The van der Waals surface area contributed by atoms with E-state index in [1.807, 2.05) is 42.5 Å². The maximum absolute atomic E-state index is 11.7. The molecule has 0 spiro atoms. The highest BCUT2D eigenvalue weighted by atomic mass is 32.2. The number of carbonyl (C=O) groups is 2. The van der Waals surface area contributed by atoms with Crippen LogP contribution in [0.25, 0.3) is 10.9 Å². The Morgan fingerprint density at radius 1 is 1.16 bits per heavy atom. The van der Waals surface area contributed by atoms with E-state index in [9.17, 15) is 9.59 Å². The summed E-state index contributed by atoms with van der Waals surface area (Å²) in [6, 6.07) is 13.5. The van der Waals surface area contributed by atoms with Gasteiger partial charge < -0.3 is 9.72 Å². The van der Waals surface area contributed by atoms with Gasteiger partial charge in [0.1, 0.15) is 12.4 Å². The highest BCUT2D eigenvalue weighted by molar-refractivity contribution is 8.15. The molecule has 0 bridgehead atoms. The maximum Gasteiger partial charge on any atom is 0.286 e. The number of fused-ring (bicyclic) bond motifs is 1. The lowest BCUT2D eigenvalue weighted by Crippen LogP contribution is -2.25. The normalized spacial score (nSPS) is 17.0. The number of aromatic nitrogens is 2. The number of aromatic amines is 1. The quantitative estimate of drug-likeness (QED) is 0.736. The first-order valence-corrected chi connectivity index (χ1v) is 8.71. The van der Waals surface area contributed by atoms with Crippen LogP contribution < -0.4 is 10.1 Å². The van der Waals surface area contributed by atoms with E-state index in [4.69, 9.17) is 4.74 Å². The molecule has 3 aromatic rings. The second-order valence-electron chi connectivity index (χ2n) is 5.74. The van der Waals surface area contributed by atoms with Gasteiger partial charge >= 0.3 is 0 Å². The second-order valence-corrected chi connectivity index (χ2v) is 6.92. The molecule has 0 radical (unpaired) electrons. The number of ether oxygens (including phenoxy) is 1. The zero-order chi connectivity index (χ0) is 17.2. The minimum absolute atomic E-state index is 0.229. The highest BCUT2D eigenvalue weighted by Crippen LogP contribution is 2.26. The summed E-state index contributed by atoms with van der Waals surface area (Å²) >= 11 is 1.04. The van der Waals surface area contributed by atoms with Gasteiger partial charge in [0.25, 0.3) is 5.24 Å². The van der Waals surface area contributed by atoms with E-state index in [1.54, 1.807) is 6.20 Å². The Hall–Kier alpha value is -2.80. The molecule has 4 rings (SSSR count). The number of imide groups is 1. The Balaban J connectivity index is 1.47. The minimum atomic E-state index is -0.375. The molecule has 1 unspecified atom stereocenters. The zero-order valence-corrected chi connectivity index (χ0v) is 14.0. The average molecular weight is 353 g/mol. The fourth-order valence-corrected chi connectivity index (χ4v) is 3.59. The number of nitrogens with one attached hydrogen (secondary N) is 2. The summed E-state index contributed by atoms with van der Waals surface area (Å²) in [5.41, 5.74) is 2.75. The molecule has 0 aliphatic carbocycles. The Bertz CT molecular complexity index is 939. The van der Waals surface area contributed by atoms with Crippen LogP contribution in [0.15, 0.2) is 48.7 Å². The third-order valence-corrected chi connectivity index (χ3v) is 4.91. The van der Waals surface area contributed by atoms with Crippen molar-refractivity contribution >= 4 is 33.8 Å². The number of benzene rings is 1. The van der Waals surface area contributed by atoms with Gasteiger partial charge in [-0.25, -0.2) is 0 Å². The number of H-pyrrole nitrogens is 1. The van der Waals surface area contributed by atoms with Crippen LogP contribution in [0.1, 0.15) is 11.4 Å². The number of nitrogens with zero attached hydrogens (tertiary/aromatic N) is 1. The fourth-order valence-electron chi connectivity index (χ4n) is 2.74. The van der Waals surface area contributed by atoms with E-state index < -0.39 is 0 Å². The number of thioether (sulfide) groups is 1. The van der Waals surface area contributed by atoms with Crippen molar-refractivity contribution in [3.63, 3.8) is 0 Å². The molecular formula is C18H15N3O3S. The van der Waals surface area contributed by atoms with Crippen molar-refractivity contribution < 1.29 is 14.3 Å². The van der Waals surface area contributed by atoms with E-state index in [1.165, 1.54) is 0 Å². The zero-order valence-electron chi connectivity index (χ0n) is 13.2. The predicted molar refractivity (Wildman–Crippen MR) is 95.5 cm³/mol. The minimum Gasteiger partial charge on any atom is -0.487 e. The van der Waals surface area contributed by atoms with Gasteiger partial charge in [0.05, 0.1) is 10.9 Å². The monoisotopic (exact) mass is 353 g/mol. The van der Waals surface area contributed by atoms with Crippen LogP contribution in [-0.2, 0) is 17.8 Å². The SMILES string of the molecule is O=C1NC(=O)C(Cc2cc3cc(OCc4ccccn4)ccc3[nH]2)S1. The third kappa shape index (κ3) is 3.51. The van der Waals surface area contributed by atoms with Crippen LogP contribution in [0.2, 0.25) is 0 Å². The molecule has 1 aliphatic heterocycles. The first-order valence-electron chi connectivity index (χ1n) is 7.83. The predicted octanol–water partition coefficient (Wildman–Crippen LogP) is 3.04. The first-order chi connectivity index (χ1) is 12.2. The van der Waals surface area contributed by atoms with Gasteiger partial charge in [0.15, 0.2) is 0 Å². The summed E-state index contributed by atoms with van der Waals surface area (Å²) in [4.78, 5) is 30.5. The molecule has 126 valence electrons. The molecule has 3 heterocycles. The Morgan fingerprint density at radius 2 is 2.08 bits per heavy atom. The van der Waals surface area contributed by atoms with Crippen LogP contribution in [0, 0.1) is 0 Å². The number of pyridine rings is 1. The number of amides is 2. The highest BCUT2D eigenvalue weighted by Gasteiger charge is 2.31. The Labute approximate surface area is 148 Å². The van der Waals surface area contributed by atoms with Crippen LogP contribution in [0.5, 0.6) is 5.75 Å². The van der Waals surface area contributed by atoms with Gasteiger partial charge in [-0.3, -0.25) is 19.9 Å². The molecule has 1 aromatic carbocycles. The van der Waals surface area contributed by atoms with E-state index in [0.29, 0.717) is 13.0 Å². The smallest absolute Gasteiger partial charge is 0.286 e. The van der Waals surface area contributed by atoms with Crippen LogP contribution in [0.4, 0.5) is 4.79 Å². The number of hydrogen-bond donors (Lipinski definition) is 2. The molecule has 2 amide bonds. The number of carbonyl (C=O) groups excluding carboxylic acids is 2. The van der Waals surface area contributed by atoms with E-state index in [2.05, 4.69) is 15.3 Å². The molecule has 2 aromatic heterocycles. The summed E-state index contributed by atoms with van der Waals surface area (Å²) < 4.78 is 5.78. The third-order valence-electron chi connectivity index (χ3n) is 3.93. The number of hydrogen-bond acceptors (Lipinski definition) is 5. The molecule has 0 saturated carbocycles. The van der Waals surface area contributed by atoms with Crippen LogP contribution >= 0.6 is 11.8 Å². The van der Waals surface area contributed by atoms with E-state index >= 15 is 0 Å². The van der Waals surface area contributed by atoms with E-state index in [0.717, 1.165) is 39.8 Å². The first kappa shape index (κ1) is 15.7. The summed E-state index contributed by atoms with van der Waals surface area (Å²) in [6.45, 7) is 0.407. The van der Waals surface area contributed by atoms with Crippen molar-refractivity contribution in [2.24, 2.45) is 0 Å². The summed E-state index contributed by atoms with van der Waals surface area (Å²) in [5.74, 6) is 0.528. The lowest BCUT2D eigenvalue weighted by Gasteiger charge is -2.05. The molecule has 1 aliphatic rings. The average Bonchev–Trinajstić information content (AvgIpc) is 3.15. The molecular weight excluding hydrogens is 338 g/mol. The lowest BCUT2D eigenvalue weighted by atomic mass is 10.2. The molecule has 2 N–H and O–H groups in total. The molecule has 1 fully saturated rings. The van der Waals surface area contributed by atoms with Gasteiger partial charge in [-0.05, 0) is 36.4 Å². The number of rotatable bonds is 5. The fraction of sp³-hybridized carbons (Fsp3) is 0.167. The summed E-state index contributed by atoms with van der Waals surface area (Å²) in [5, 5.41) is 2.65. The molecule has 25 heavy (non-hydrogen) atoms. The Kier molecular flexibility index (Phi) is 4.15. The lowest BCUT2D eigenvalue weighted by molar-refractivity contribution is -0.118. The summed E-state index contributed by atoms with van der Waals surface area (Å²) in [7, 11) is 0. The standard InChI is InChI=1S/C18H15N3O3S/c22-17-16(25-18(23)21-17)9-13-7-11-8-14(4-5-15(11)20-13)24-10-12-3-1-2-6-19-12/h1-8,16,20H,9-10H2,(H,21,22,23). The molecule has 1 saturated heterocycles. The second kappa shape index (κ2) is 6.60. The van der Waals surface area contributed by atoms with Crippen molar-refractivity contribution in [1.29, 1.82) is 0 Å². The molecule has 7 heteroatoms. The van der Waals surface area contributed by atoms with Gasteiger partial charge in [0, 0.05) is 29.2 Å². The van der Waals surface area contributed by atoms with Crippen LogP contribution in [0.3, 0.4) is 0 Å². The molecule has 1 atom stereocenters. The van der Waals surface area contributed by atoms with Gasteiger partial charge in [-0.2, -0.15) is 0 Å². The van der Waals surface area contributed by atoms with E-state index in [-0.39, 0.29) is 16.4 Å². The van der Waals surface area contributed by atoms with Crippen molar-refractivity contribution in [2.75, 3.05) is 0 Å². The van der Waals surface area contributed by atoms with Gasteiger partial charge in [-0.1, -0.05) is 17.8 Å². The maximum atomic E-state index is 11.7. The van der Waals surface area contributed by atoms with Crippen molar-refractivity contribution in [1.82, 2.24) is 15.3 Å². The van der Waals surface area contributed by atoms with Crippen molar-refractivity contribution in [3.8, 4) is 5.75 Å². The van der Waals surface area contributed by atoms with Crippen molar-refractivity contribution in [3.05, 3.63) is 60.0 Å². The summed E-state index contributed by atoms with van der Waals surface area (Å²) in [6.07, 6.45) is 2.23. The van der Waals surface area contributed by atoms with Gasteiger partial charge in [0.2, 0.25) is 5.91 Å². The van der Waals surface area contributed by atoms with Crippen molar-refractivity contribution in [2.45, 2.75) is 18.3 Å². The topological polar surface area (TPSA) is 84.1 Å². The largest absolute Gasteiger partial charge is 0.487 e. The molecule has 6 nitrogen and oxygen atoms in total. The Morgan fingerprint density at radius 3 is 2.84 bits per heavy atom.